The summed E-state index contributed by atoms with van der Waals surface area (Å²) in [4.78, 5) is 54.6. The largest absolute Gasteiger partial charge is 0.481 e. The first-order chi connectivity index (χ1) is 12.1. The van der Waals surface area contributed by atoms with Crippen LogP contribution >= 0.6 is 0 Å². The standard InChI is InChI=1S/C14H23N3O9/c15-8(13(23)24)1-3-11(20)17-9(14(25)26)2-4-10(19)16-7(6-18)5-12(21)22/h6-9,11,17,20H,1-5,15H2,(H,16,19)(H,21,22)(H,23,24)(H,25,26). The number of carbonyl (C=O) groups is 5. The highest BCUT2D eigenvalue weighted by Crippen LogP contribution is 2.04. The summed E-state index contributed by atoms with van der Waals surface area (Å²) >= 11 is 0. The first-order valence-electron chi connectivity index (χ1n) is 7.68. The van der Waals surface area contributed by atoms with Crippen LogP contribution in [0.1, 0.15) is 32.1 Å². The van der Waals surface area contributed by atoms with Gasteiger partial charge in [0.1, 0.15) is 24.6 Å². The molecule has 8 N–H and O–H groups in total. The second-order valence-electron chi connectivity index (χ2n) is 5.54. The minimum atomic E-state index is -1.35. The zero-order chi connectivity index (χ0) is 20.3. The molecule has 0 saturated carbocycles. The molecule has 0 heterocycles. The number of carboxylic acids is 3. The minimum Gasteiger partial charge on any atom is -0.481 e. The number of amides is 1. The highest BCUT2D eigenvalue weighted by molar-refractivity contribution is 5.83. The van der Waals surface area contributed by atoms with Crippen LogP contribution in [0.25, 0.3) is 0 Å². The fourth-order valence-corrected chi connectivity index (χ4v) is 1.93. The summed E-state index contributed by atoms with van der Waals surface area (Å²) in [5.74, 6) is -4.61. The topological polar surface area (TPSA) is 216 Å². The maximum absolute atomic E-state index is 11.7. The lowest BCUT2D eigenvalue weighted by atomic mass is 10.1. The molecule has 0 aromatic carbocycles. The van der Waals surface area contributed by atoms with Crippen molar-refractivity contribution in [2.24, 2.45) is 5.73 Å². The summed E-state index contributed by atoms with van der Waals surface area (Å²) in [6.45, 7) is 0. The predicted molar refractivity (Wildman–Crippen MR) is 84.9 cm³/mol. The van der Waals surface area contributed by atoms with Gasteiger partial charge in [-0.3, -0.25) is 24.5 Å². The third-order valence-corrected chi connectivity index (χ3v) is 3.33. The third-order valence-electron chi connectivity index (χ3n) is 3.33. The van der Waals surface area contributed by atoms with Crippen LogP contribution in [0.15, 0.2) is 0 Å². The fourth-order valence-electron chi connectivity index (χ4n) is 1.93. The maximum Gasteiger partial charge on any atom is 0.320 e. The van der Waals surface area contributed by atoms with E-state index >= 15 is 0 Å². The van der Waals surface area contributed by atoms with Crippen molar-refractivity contribution >= 4 is 30.1 Å². The van der Waals surface area contributed by atoms with Crippen LogP contribution in [0.4, 0.5) is 0 Å². The number of aliphatic hydroxyl groups is 1. The van der Waals surface area contributed by atoms with Crippen LogP contribution in [-0.2, 0) is 24.0 Å². The molecule has 12 heteroatoms. The molecule has 0 saturated heterocycles. The van der Waals surface area contributed by atoms with Crippen molar-refractivity contribution in [3.8, 4) is 0 Å². The minimum absolute atomic E-state index is 0.0907. The number of hydrogen-bond acceptors (Lipinski definition) is 8. The van der Waals surface area contributed by atoms with Crippen molar-refractivity contribution < 1.29 is 44.4 Å². The molecule has 0 aliphatic heterocycles. The Kier molecular flexibility index (Phi) is 10.7. The molecule has 0 spiro atoms. The molecule has 0 rings (SSSR count). The van der Waals surface area contributed by atoms with E-state index in [0.29, 0.717) is 0 Å². The van der Waals surface area contributed by atoms with Crippen LogP contribution < -0.4 is 16.4 Å². The number of aliphatic carboxylic acids is 3. The van der Waals surface area contributed by atoms with Crippen molar-refractivity contribution in [3.05, 3.63) is 0 Å². The van der Waals surface area contributed by atoms with Gasteiger partial charge in [0, 0.05) is 6.42 Å². The summed E-state index contributed by atoms with van der Waals surface area (Å²) in [6, 6.07) is -3.74. The number of nitrogens with one attached hydrogen (secondary N) is 2. The molecule has 12 nitrogen and oxygen atoms in total. The second-order valence-corrected chi connectivity index (χ2v) is 5.54. The van der Waals surface area contributed by atoms with E-state index in [-0.39, 0.29) is 32.0 Å². The Morgan fingerprint density at radius 1 is 1.00 bits per heavy atom. The quantitative estimate of drug-likeness (QED) is 0.124. The van der Waals surface area contributed by atoms with Crippen LogP contribution in [0.3, 0.4) is 0 Å². The summed E-state index contributed by atoms with van der Waals surface area (Å²) in [5.41, 5.74) is 5.27. The first-order valence-corrected chi connectivity index (χ1v) is 7.68. The van der Waals surface area contributed by atoms with Crippen LogP contribution in [0.2, 0.25) is 0 Å². The first kappa shape index (κ1) is 23.4. The second kappa shape index (κ2) is 11.9. The van der Waals surface area contributed by atoms with Gasteiger partial charge in [-0.15, -0.1) is 0 Å². The van der Waals surface area contributed by atoms with Gasteiger partial charge in [-0.25, -0.2) is 0 Å². The zero-order valence-electron chi connectivity index (χ0n) is 13.8. The van der Waals surface area contributed by atoms with Crippen LogP contribution in [0.5, 0.6) is 0 Å². The number of nitrogens with two attached hydrogens (primary N) is 1. The molecule has 0 aliphatic rings. The molecule has 0 fully saturated rings. The SMILES string of the molecule is NC(CCC(O)NC(CCC(=O)NC(C=O)CC(=O)O)C(=O)O)C(=O)O. The molecule has 148 valence electrons. The molecule has 0 aromatic rings. The van der Waals surface area contributed by atoms with Crippen molar-refractivity contribution in [2.75, 3.05) is 0 Å². The number of aldehydes is 1. The number of carbonyl (C=O) groups excluding carboxylic acids is 2. The number of hydrogen-bond donors (Lipinski definition) is 7. The van der Waals surface area contributed by atoms with Crippen molar-refractivity contribution in [2.45, 2.75) is 56.5 Å². The lowest BCUT2D eigenvalue weighted by molar-refractivity contribution is -0.142. The Labute approximate surface area is 148 Å². The smallest absolute Gasteiger partial charge is 0.320 e. The highest BCUT2D eigenvalue weighted by atomic mass is 16.4. The fraction of sp³-hybridized carbons (Fsp3) is 0.643. The maximum atomic E-state index is 11.7. The summed E-state index contributed by atoms with van der Waals surface area (Å²) < 4.78 is 0. The van der Waals surface area contributed by atoms with Gasteiger partial charge in [0.2, 0.25) is 5.91 Å². The van der Waals surface area contributed by atoms with Gasteiger partial charge < -0.3 is 36.3 Å². The highest BCUT2D eigenvalue weighted by Gasteiger charge is 2.23. The Morgan fingerprint density at radius 3 is 2.08 bits per heavy atom. The van der Waals surface area contributed by atoms with Gasteiger partial charge in [0.05, 0.1) is 12.5 Å². The van der Waals surface area contributed by atoms with Gasteiger partial charge in [0.25, 0.3) is 0 Å². The summed E-state index contributed by atoms with van der Waals surface area (Å²) in [5, 5.41) is 40.5. The average molecular weight is 377 g/mol. The van der Waals surface area contributed by atoms with Gasteiger partial charge in [0.15, 0.2) is 0 Å². The molecule has 4 unspecified atom stereocenters. The average Bonchev–Trinajstić information content (AvgIpc) is 2.54. The van der Waals surface area contributed by atoms with Crippen LogP contribution in [-0.4, -0.2) is 74.9 Å². The van der Waals surface area contributed by atoms with Crippen molar-refractivity contribution in [1.29, 1.82) is 0 Å². The molecule has 0 aromatic heterocycles. The van der Waals surface area contributed by atoms with E-state index in [0.717, 1.165) is 0 Å². The van der Waals surface area contributed by atoms with Gasteiger partial charge >= 0.3 is 17.9 Å². The molecular weight excluding hydrogens is 354 g/mol. The Morgan fingerprint density at radius 2 is 1.62 bits per heavy atom. The summed E-state index contributed by atoms with van der Waals surface area (Å²) in [7, 11) is 0. The number of rotatable bonds is 14. The molecule has 1 amide bonds. The lowest BCUT2D eigenvalue weighted by Crippen LogP contribution is -2.45. The lowest BCUT2D eigenvalue weighted by Gasteiger charge is -2.20. The Balaban J connectivity index is 4.44. The van der Waals surface area contributed by atoms with E-state index in [9.17, 15) is 29.1 Å². The van der Waals surface area contributed by atoms with Gasteiger partial charge in [-0.1, -0.05) is 0 Å². The number of carboxylic acid groups (broad SMARTS) is 3. The van der Waals surface area contributed by atoms with Gasteiger partial charge in [-0.05, 0) is 19.3 Å². The molecular formula is C14H23N3O9. The van der Waals surface area contributed by atoms with E-state index in [4.69, 9.17) is 21.1 Å². The molecule has 0 bridgehead atoms. The van der Waals surface area contributed by atoms with Gasteiger partial charge in [-0.2, -0.15) is 0 Å². The monoisotopic (exact) mass is 377 g/mol. The van der Waals surface area contributed by atoms with E-state index in [1.165, 1.54) is 0 Å². The van der Waals surface area contributed by atoms with Crippen molar-refractivity contribution in [1.82, 2.24) is 10.6 Å². The van der Waals surface area contributed by atoms with E-state index in [2.05, 4.69) is 10.6 Å². The van der Waals surface area contributed by atoms with Crippen LogP contribution in [0, 0.1) is 0 Å². The van der Waals surface area contributed by atoms with E-state index < -0.39 is 54.6 Å². The molecule has 26 heavy (non-hydrogen) atoms. The van der Waals surface area contributed by atoms with E-state index in [1.807, 2.05) is 0 Å². The zero-order valence-corrected chi connectivity index (χ0v) is 13.8. The normalized spacial score (nSPS) is 15.3. The van der Waals surface area contributed by atoms with E-state index in [1.54, 1.807) is 0 Å². The Hall–Kier alpha value is -2.57. The van der Waals surface area contributed by atoms with Crippen molar-refractivity contribution in [3.63, 3.8) is 0 Å². The third kappa shape index (κ3) is 10.3. The molecule has 4 atom stereocenters. The molecule has 0 aliphatic carbocycles. The number of aliphatic hydroxyl groups excluding tert-OH is 1. The predicted octanol–water partition coefficient (Wildman–Crippen LogP) is -2.52. The summed E-state index contributed by atoms with van der Waals surface area (Å²) in [6.07, 6.45) is -2.48. The Bertz CT molecular complexity index is 526. The molecule has 0 radical (unpaired) electrons.